The normalized spacial score (nSPS) is 23.4. The van der Waals surface area contributed by atoms with E-state index in [1.807, 2.05) is 0 Å². The van der Waals surface area contributed by atoms with Crippen molar-refractivity contribution in [2.24, 2.45) is 5.92 Å². The van der Waals surface area contributed by atoms with Gasteiger partial charge >= 0.3 is 0 Å². The molecule has 0 radical (unpaired) electrons. The second-order valence-corrected chi connectivity index (χ2v) is 4.45. The van der Waals surface area contributed by atoms with Gasteiger partial charge in [-0.15, -0.1) is 0 Å². The fourth-order valence-corrected chi connectivity index (χ4v) is 2.49. The highest BCUT2D eigenvalue weighted by molar-refractivity contribution is 4.79. The van der Waals surface area contributed by atoms with Gasteiger partial charge in [-0.1, -0.05) is 32.6 Å². The quantitative estimate of drug-likeness (QED) is 0.739. The Morgan fingerprint density at radius 1 is 1.29 bits per heavy atom. The summed E-state index contributed by atoms with van der Waals surface area (Å²) in [5, 5.41) is 10.1. The van der Waals surface area contributed by atoms with Crippen LogP contribution in [0.4, 0.5) is 0 Å². The summed E-state index contributed by atoms with van der Waals surface area (Å²) in [6.07, 6.45) is 8.16. The monoisotopic (exact) mass is 200 g/mol. The van der Waals surface area contributed by atoms with Crippen molar-refractivity contribution in [2.45, 2.75) is 64.1 Å². The van der Waals surface area contributed by atoms with Crippen LogP contribution in [0.15, 0.2) is 0 Å². The summed E-state index contributed by atoms with van der Waals surface area (Å²) >= 11 is 0. The van der Waals surface area contributed by atoms with E-state index in [-0.39, 0.29) is 12.2 Å². The van der Waals surface area contributed by atoms with Gasteiger partial charge in [0.05, 0.1) is 12.2 Å². The predicted octanol–water partition coefficient (Wildman–Crippen LogP) is 2.74. The minimum atomic E-state index is -0.236. The molecule has 1 aliphatic carbocycles. The van der Waals surface area contributed by atoms with Crippen molar-refractivity contribution in [1.82, 2.24) is 0 Å². The maximum atomic E-state index is 10.1. The number of ether oxygens (including phenoxy) is 1. The van der Waals surface area contributed by atoms with E-state index in [0.717, 1.165) is 12.8 Å². The summed E-state index contributed by atoms with van der Waals surface area (Å²) in [7, 11) is 1.71. The maximum Gasteiger partial charge on any atom is 0.0832 e. The van der Waals surface area contributed by atoms with E-state index in [1.165, 1.54) is 32.1 Å². The van der Waals surface area contributed by atoms with Crippen molar-refractivity contribution < 1.29 is 9.84 Å². The Bertz CT molecular complexity index is 137. The topological polar surface area (TPSA) is 29.5 Å². The highest BCUT2D eigenvalue weighted by Gasteiger charge is 2.28. The van der Waals surface area contributed by atoms with E-state index < -0.39 is 0 Å². The Labute approximate surface area is 87.7 Å². The average molecular weight is 200 g/mol. The van der Waals surface area contributed by atoms with E-state index in [2.05, 4.69) is 6.92 Å². The molecule has 2 atom stereocenters. The Hall–Kier alpha value is -0.0800. The van der Waals surface area contributed by atoms with Gasteiger partial charge in [0, 0.05) is 7.11 Å². The molecular formula is C12H24O2. The van der Waals surface area contributed by atoms with Crippen LogP contribution in [-0.4, -0.2) is 24.4 Å². The lowest BCUT2D eigenvalue weighted by Gasteiger charge is -2.31. The molecule has 1 fully saturated rings. The van der Waals surface area contributed by atoms with Crippen molar-refractivity contribution in [3.63, 3.8) is 0 Å². The zero-order chi connectivity index (χ0) is 10.4. The van der Waals surface area contributed by atoms with E-state index >= 15 is 0 Å². The van der Waals surface area contributed by atoms with Gasteiger partial charge < -0.3 is 9.84 Å². The van der Waals surface area contributed by atoms with Crippen molar-refractivity contribution >= 4 is 0 Å². The number of hydrogen-bond acceptors (Lipinski definition) is 2. The molecular weight excluding hydrogens is 176 g/mol. The molecule has 0 aromatic carbocycles. The Morgan fingerprint density at radius 2 is 1.93 bits per heavy atom. The number of aliphatic hydroxyl groups excluding tert-OH is 1. The first-order chi connectivity index (χ1) is 6.79. The van der Waals surface area contributed by atoms with Crippen LogP contribution >= 0.6 is 0 Å². The summed E-state index contributed by atoms with van der Waals surface area (Å²) < 4.78 is 5.36. The summed E-state index contributed by atoms with van der Waals surface area (Å²) in [5.74, 6) is 0.486. The maximum absolute atomic E-state index is 10.1. The minimum Gasteiger partial charge on any atom is -0.390 e. The molecule has 0 aromatic heterocycles. The number of aliphatic hydroxyl groups is 1. The highest BCUT2D eigenvalue weighted by Crippen LogP contribution is 2.29. The first kappa shape index (κ1) is 12.0. The molecule has 2 unspecified atom stereocenters. The van der Waals surface area contributed by atoms with Gasteiger partial charge in [-0.2, -0.15) is 0 Å². The molecule has 2 heteroatoms. The molecule has 0 spiro atoms. The van der Waals surface area contributed by atoms with Gasteiger partial charge in [0.1, 0.15) is 0 Å². The molecule has 1 aliphatic rings. The number of methoxy groups -OCH3 is 1. The lowest BCUT2D eigenvalue weighted by molar-refractivity contribution is -0.0529. The third-order valence-corrected chi connectivity index (χ3v) is 3.39. The predicted molar refractivity (Wildman–Crippen MR) is 58.3 cm³/mol. The van der Waals surface area contributed by atoms with E-state index in [1.54, 1.807) is 7.11 Å². The Balaban J connectivity index is 2.38. The molecule has 0 amide bonds. The van der Waals surface area contributed by atoms with Crippen LogP contribution in [0.3, 0.4) is 0 Å². The van der Waals surface area contributed by atoms with Crippen LogP contribution in [0, 0.1) is 5.92 Å². The second-order valence-electron chi connectivity index (χ2n) is 4.45. The molecule has 14 heavy (non-hydrogen) atoms. The van der Waals surface area contributed by atoms with Crippen LogP contribution in [0.25, 0.3) is 0 Å². The SMILES string of the molecule is CCCC(OC)C(O)C1CCCCC1. The summed E-state index contributed by atoms with van der Waals surface area (Å²) in [4.78, 5) is 0. The standard InChI is InChI=1S/C12H24O2/c1-3-7-11(14-2)12(13)10-8-5-4-6-9-10/h10-13H,3-9H2,1-2H3. The molecule has 0 heterocycles. The minimum absolute atomic E-state index is 0.0584. The zero-order valence-corrected chi connectivity index (χ0v) is 9.54. The third-order valence-electron chi connectivity index (χ3n) is 3.39. The molecule has 0 aliphatic heterocycles. The van der Waals surface area contributed by atoms with Gasteiger partial charge in [0.25, 0.3) is 0 Å². The summed E-state index contributed by atoms with van der Waals surface area (Å²) in [5.41, 5.74) is 0. The smallest absolute Gasteiger partial charge is 0.0832 e. The van der Waals surface area contributed by atoms with Crippen LogP contribution < -0.4 is 0 Å². The largest absolute Gasteiger partial charge is 0.390 e. The number of hydrogen-bond donors (Lipinski definition) is 1. The molecule has 0 saturated heterocycles. The first-order valence-corrected chi connectivity index (χ1v) is 6.00. The summed E-state index contributed by atoms with van der Waals surface area (Å²) in [6.45, 7) is 2.14. The van der Waals surface area contributed by atoms with Crippen molar-refractivity contribution in [1.29, 1.82) is 0 Å². The molecule has 0 aromatic rings. The van der Waals surface area contributed by atoms with Gasteiger partial charge in [0.15, 0.2) is 0 Å². The lowest BCUT2D eigenvalue weighted by Crippen LogP contribution is -2.35. The van der Waals surface area contributed by atoms with Crippen molar-refractivity contribution in [3.05, 3.63) is 0 Å². The van der Waals surface area contributed by atoms with E-state index in [4.69, 9.17) is 4.74 Å². The highest BCUT2D eigenvalue weighted by atomic mass is 16.5. The molecule has 1 N–H and O–H groups in total. The Kier molecular flexibility index (Phi) is 5.49. The summed E-state index contributed by atoms with van der Waals surface area (Å²) in [6, 6.07) is 0. The molecule has 2 nitrogen and oxygen atoms in total. The van der Waals surface area contributed by atoms with Gasteiger partial charge in [-0.05, 0) is 25.2 Å². The molecule has 1 saturated carbocycles. The van der Waals surface area contributed by atoms with Crippen LogP contribution in [0.1, 0.15) is 51.9 Å². The first-order valence-electron chi connectivity index (χ1n) is 6.00. The second kappa shape index (κ2) is 6.41. The van der Waals surface area contributed by atoms with Crippen LogP contribution in [0.5, 0.6) is 0 Å². The lowest BCUT2D eigenvalue weighted by atomic mass is 9.82. The van der Waals surface area contributed by atoms with E-state index in [0.29, 0.717) is 5.92 Å². The average Bonchev–Trinajstić information content (AvgIpc) is 2.26. The fraction of sp³-hybridized carbons (Fsp3) is 1.00. The van der Waals surface area contributed by atoms with Crippen molar-refractivity contribution in [3.8, 4) is 0 Å². The molecule has 84 valence electrons. The van der Waals surface area contributed by atoms with Gasteiger partial charge in [-0.25, -0.2) is 0 Å². The third kappa shape index (κ3) is 3.25. The zero-order valence-electron chi connectivity index (χ0n) is 9.54. The Morgan fingerprint density at radius 3 is 2.43 bits per heavy atom. The van der Waals surface area contributed by atoms with Crippen LogP contribution in [-0.2, 0) is 4.74 Å². The van der Waals surface area contributed by atoms with Crippen LogP contribution in [0.2, 0.25) is 0 Å². The van der Waals surface area contributed by atoms with Crippen molar-refractivity contribution in [2.75, 3.05) is 7.11 Å². The van der Waals surface area contributed by atoms with Gasteiger partial charge in [0.2, 0.25) is 0 Å². The number of rotatable bonds is 5. The van der Waals surface area contributed by atoms with Gasteiger partial charge in [-0.3, -0.25) is 0 Å². The molecule has 0 bridgehead atoms. The van der Waals surface area contributed by atoms with E-state index in [9.17, 15) is 5.11 Å². The fourth-order valence-electron chi connectivity index (χ4n) is 2.49. The molecule has 1 rings (SSSR count).